The molecule has 1 aromatic carbocycles. The number of nitrogens with zero attached hydrogens (tertiary/aromatic N) is 1. The molecule has 1 amide bonds. The number of rotatable bonds is 4. The Labute approximate surface area is 114 Å². The summed E-state index contributed by atoms with van der Waals surface area (Å²) in [5, 5.41) is 0. The first-order valence-corrected chi connectivity index (χ1v) is 6.71. The molecule has 0 atom stereocenters. The lowest BCUT2D eigenvalue weighted by Gasteiger charge is -2.37. The lowest BCUT2D eigenvalue weighted by atomic mass is 9.98. The molecule has 0 radical (unpaired) electrons. The van der Waals surface area contributed by atoms with Gasteiger partial charge in [0, 0.05) is 17.6 Å². The monoisotopic (exact) mass is 263 g/mol. The van der Waals surface area contributed by atoms with Gasteiger partial charge in [-0.2, -0.15) is 0 Å². The molecule has 1 aliphatic heterocycles. The molecule has 2 rings (SSSR count). The first-order valence-electron chi connectivity index (χ1n) is 6.71. The molecule has 0 saturated carbocycles. The summed E-state index contributed by atoms with van der Waals surface area (Å²) in [4.78, 5) is 14.5. The van der Waals surface area contributed by atoms with Crippen LogP contribution in [0.4, 0.5) is 0 Å². The molecule has 104 valence electrons. The fourth-order valence-corrected chi connectivity index (χ4v) is 2.22. The minimum atomic E-state index is -0.151. The van der Waals surface area contributed by atoms with E-state index in [4.69, 9.17) is 9.47 Å². The van der Waals surface area contributed by atoms with Crippen LogP contribution < -0.4 is 9.47 Å². The highest BCUT2D eigenvalue weighted by molar-refractivity contribution is 5.95. The third-order valence-electron chi connectivity index (χ3n) is 3.78. The molecule has 0 unspecified atom stereocenters. The minimum absolute atomic E-state index is 0.0349. The second-order valence-corrected chi connectivity index (χ2v) is 5.28. The van der Waals surface area contributed by atoms with Crippen LogP contribution in [-0.2, 0) is 0 Å². The summed E-state index contributed by atoms with van der Waals surface area (Å²) in [6.45, 7) is 9.18. The van der Waals surface area contributed by atoms with Gasteiger partial charge in [0.2, 0.25) is 6.79 Å². The molecular formula is C15H21NO3. The zero-order valence-electron chi connectivity index (χ0n) is 12.0. The number of amides is 1. The van der Waals surface area contributed by atoms with E-state index in [0.29, 0.717) is 23.6 Å². The summed E-state index contributed by atoms with van der Waals surface area (Å²) < 4.78 is 10.6. The molecule has 1 heterocycles. The number of hydrogen-bond acceptors (Lipinski definition) is 3. The van der Waals surface area contributed by atoms with Gasteiger partial charge < -0.3 is 14.4 Å². The lowest BCUT2D eigenvalue weighted by molar-refractivity contribution is 0.0556. The van der Waals surface area contributed by atoms with Crippen LogP contribution in [0.5, 0.6) is 11.5 Å². The zero-order valence-corrected chi connectivity index (χ0v) is 12.0. The van der Waals surface area contributed by atoms with Crippen LogP contribution >= 0.6 is 0 Å². The molecule has 1 aromatic rings. The second-order valence-electron chi connectivity index (χ2n) is 5.28. The Balaban J connectivity index is 2.28. The van der Waals surface area contributed by atoms with E-state index in [2.05, 4.69) is 20.8 Å². The summed E-state index contributed by atoms with van der Waals surface area (Å²) in [6.07, 6.45) is 0.914. The quantitative estimate of drug-likeness (QED) is 0.838. The van der Waals surface area contributed by atoms with Crippen molar-refractivity contribution in [1.29, 1.82) is 0 Å². The molecule has 0 spiro atoms. The number of carbonyl (C=O) groups is 1. The lowest BCUT2D eigenvalue weighted by Crippen LogP contribution is -2.47. The molecular weight excluding hydrogens is 242 g/mol. The standard InChI is InChI=1S/C15H21NO3/c1-5-15(3,4)16(6-2)14(17)11-7-8-12-13(9-11)19-10-18-12/h7-9H,5-6,10H2,1-4H3. The smallest absolute Gasteiger partial charge is 0.254 e. The Morgan fingerprint density at radius 1 is 1.26 bits per heavy atom. The van der Waals surface area contributed by atoms with Gasteiger partial charge in [-0.15, -0.1) is 0 Å². The molecule has 4 nitrogen and oxygen atoms in total. The maximum atomic E-state index is 12.6. The van der Waals surface area contributed by atoms with Gasteiger partial charge in [-0.1, -0.05) is 6.92 Å². The fourth-order valence-electron chi connectivity index (χ4n) is 2.22. The SMILES string of the molecule is CCN(C(=O)c1ccc2c(c1)OCO2)C(C)(C)CC. The number of carbonyl (C=O) groups excluding carboxylic acids is 1. The highest BCUT2D eigenvalue weighted by Gasteiger charge is 2.29. The molecule has 0 aliphatic carbocycles. The van der Waals surface area contributed by atoms with Crippen molar-refractivity contribution < 1.29 is 14.3 Å². The topological polar surface area (TPSA) is 38.8 Å². The van der Waals surface area contributed by atoms with Crippen molar-refractivity contribution in [3.05, 3.63) is 23.8 Å². The van der Waals surface area contributed by atoms with Crippen molar-refractivity contribution in [2.45, 2.75) is 39.7 Å². The second kappa shape index (κ2) is 5.11. The highest BCUT2D eigenvalue weighted by atomic mass is 16.7. The molecule has 0 aromatic heterocycles. The Kier molecular flexibility index (Phi) is 3.69. The van der Waals surface area contributed by atoms with Gasteiger partial charge in [0.1, 0.15) is 0 Å². The maximum Gasteiger partial charge on any atom is 0.254 e. The molecule has 4 heteroatoms. The normalized spacial score (nSPS) is 13.5. The Morgan fingerprint density at radius 2 is 1.95 bits per heavy atom. The Hall–Kier alpha value is -1.71. The first kappa shape index (κ1) is 13.7. The van der Waals surface area contributed by atoms with Crippen LogP contribution in [0.3, 0.4) is 0 Å². The van der Waals surface area contributed by atoms with Crippen LogP contribution in [0.1, 0.15) is 44.5 Å². The molecule has 0 fully saturated rings. The van der Waals surface area contributed by atoms with Crippen LogP contribution in [0.2, 0.25) is 0 Å². The van der Waals surface area contributed by atoms with Gasteiger partial charge in [-0.25, -0.2) is 0 Å². The molecule has 0 bridgehead atoms. The van der Waals surface area contributed by atoms with E-state index >= 15 is 0 Å². The third-order valence-corrected chi connectivity index (χ3v) is 3.78. The Morgan fingerprint density at radius 3 is 2.58 bits per heavy atom. The van der Waals surface area contributed by atoms with Crippen molar-refractivity contribution in [3.8, 4) is 11.5 Å². The number of fused-ring (bicyclic) bond motifs is 1. The molecule has 1 aliphatic rings. The Bertz CT molecular complexity index is 482. The maximum absolute atomic E-state index is 12.6. The van der Waals surface area contributed by atoms with Gasteiger partial charge in [0.15, 0.2) is 11.5 Å². The molecule has 0 N–H and O–H groups in total. The predicted molar refractivity (Wildman–Crippen MR) is 73.6 cm³/mol. The largest absolute Gasteiger partial charge is 0.454 e. The van der Waals surface area contributed by atoms with Crippen molar-refractivity contribution >= 4 is 5.91 Å². The van der Waals surface area contributed by atoms with Crippen LogP contribution in [0.25, 0.3) is 0 Å². The van der Waals surface area contributed by atoms with E-state index in [9.17, 15) is 4.79 Å². The zero-order chi connectivity index (χ0) is 14.0. The van der Waals surface area contributed by atoms with E-state index in [1.54, 1.807) is 18.2 Å². The average Bonchev–Trinajstić information content (AvgIpc) is 2.86. The summed E-state index contributed by atoms with van der Waals surface area (Å²) in [5.74, 6) is 1.39. The van der Waals surface area contributed by atoms with Crippen molar-refractivity contribution in [2.75, 3.05) is 13.3 Å². The van der Waals surface area contributed by atoms with Crippen molar-refractivity contribution in [1.82, 2.24) is 4.90 Å². The van der Waals surface area contributed by atoms with Gasteiger partial charge >= 0.3 is 0 Å². The number of hydrogen-bond donors (Lipinski definition) is 0. The molecule has 19 heavy (non-hydrogen) atoms. The average molecular weight is 263 g/mol. The van der Waals surface area contributed by atoms with Gasteiger partial charge in [0.05, 0.1) is 0 Å². The van der Waals surface area contributed by atoms with E-state index in [0.717, 1.165) is 6.42 Å². The molecule has 0 saturated heterocycles. The fraction of sp³-hybridized carbons (Fsp3) is 0.533. The van der Waals surface area contributed by atoms with Crippen molar-refractivity contribution in [3.63, 3.8) is 0 Å². The summed E-state index contributed by atoms with van der Waals surface area (Å²) >= 11 is 0. The van der Waals surface area contributed by atoms with Gasteiger partial charge in [0.25, 0.3) is 5.91 Å². The van der Waals surface area contributed by atoms with E-state index < -0.39 is 0 Å². The van der Waals surface area contributed by atoms with E-state index in [1.807, 2.05) is 11.8 Å². The van der Waals surface area contributed by atoms with E-state index in [1.165, 1.54) is 0 Å². The highest BCUT2D eigenvalue weighted by Crippen LogP contribution is 2.33. The van der Waals surface area contributed by atoms with Gasteiger partial charge in [-0.3, -0.25) is 4.79 Å². The number of ether oxygens (including phenoxy) is 2. The minimum Gasteiger partial charge on any atom is -0.454 e. The summed E-state index contributed by atoms with van der Waals surface area (Å²) in [6, 6.07) is 5.35. The van der Waals surface area contributed by atoms with Crippen molar-refractivity contribution in [2.24, 2.45) is 0 Å². The summed E-state index contributed by atoms with van der Waals surface area (Å²) in [5.41, 5.74) is 0.495. The van der Waals surface area contributed by atoms with Gasteiger partial charge in [-0.05, 0) is 45.4 Å². The van der Waals surface area contributed by atoms with Crippen LogP contribution in [0, 0.1) is 0 Å². The third kappa shape index (κ3) is 2.53. The predicted octanol–water partition coefficient (Wildman–Crippen LogP) is 3.07. The van der Waals surface area contributed by atoms with Crippen LogP contribution in [0.15, 0.2) is 18.2 Å². The first-order chi connectivity index (χ1) is 8.99. The van der Waals surface area contributed by atoms with Crippen LogP contribution in [-0.4, -0.2) is 29.7 Å². The number of benzene rings is 1. The summed E-state index contributed by atoms with van der Waals surface area (Å²) in [7, 11) is 0. The van der Waals surface area contributed by atoms with E-state index in [-0.39, 0.29) is 18.2 Å².